The van der Waals surface area contributed by atoms with Crippen LogP contribution in [-0.2, 0) is 6.42 Å². The van der Waals surface area contributed by atoms with E-state index < -0.39 is 0 Å². The monoisotopic (exact) mass is 262 g/mol. The van der Waals surface area contributed by atoms with Crippen LogP contribution in [0.3, 0.4) is 0 Å². The van der Waals surface area contributed by atoms with E-state index in [-0.39, 0.29) is 12.1 Å². The number of aliphatic hydroxyl groups excluding tert-OH is 1. The van der Waals surface area contributed by atoms with Crippen molar-refractivity contribution in [2.24, 2.45) is 0 Å². The number of hydrogen-bond donors (Lipinski definition) is 2. The summed E-state index contributed by atoms with van der Waals surface area (Å²) in [4.78, 5) is 2.47. The van der Waals surface area contributed by atoms with E-state index in [0.29, 0.717) is 6.04 Å². The third-order valence-electron chi connectivity index (χ3n) is 4.04. The van der Waals surface area contributed by atoms with Crippen LogP contribution in [-0.4, -0.2) is 36.4 Å². The third-order valence-corrected chi connectivity index (χ3v) is 4.04. The molecule has 0 bridgehead atoms. The molecule has 1 aliphatic rings. The molecule has 0 radical (unpaired) electrons. The fourth-order valence-corrected chi connectivity index (χ4v) is 3.05. The molecule has 0 aromatic heterocycles. The van der Waals surface area contributed by atoms with Gasteiger partial charge in [0.25, 0.3) is 0 Å². The van der Waals surface area contributed by atoms with Crippen LogP contribution in [0.2, 0.25) is 0 Å². The van der Waals surface area contributed by atoms with E-state index in [9.17, 15) is 5.11 Å². The lowest BCUT2D eigenvalue weighted by Crippen LogP contribution is -2.63. The third kappa shape index (κ3) is 3.10. The van der Waals surface area contributed by atoms with Gasteiger partial charge in [0.1, 0.15) is 0 Å². The number of benzene rings is 1. The molecule has 1 fully saturated rings. The molecule has 0 saturated carbocycles. The van der Waals surface area contributed by atoms with Crippen LogP contribution in [0.15, 0.2) is 24.3 Å². The second-order valence-corrected chi connectivity index (χ2v) is 6.00. The lowest BCUT2D eigenvalue weighted by molar-refractivity contribution is 0.241. The van der Waals surface area contributed by atoms with Gasteiger partial charge in [-0.2, -0.15) is 0 Å². The Morgan fingerprint density at radius 2 is 2.00 bits per heavy atom. The summed E-state index contributed by atoms with van der Waals surface area (Å²) in [6, 6.07) is 9.22. The quantitative estimate of drug-likeness (QED) is 0.873. The van der Waals surface area contributed by atoms with Crippen molar-refractivity contribution < 1.29 is 5.11 Å². The van der Waals surface area contributed by atoms with Crippen LogP contribution in [0.5, 0.6) is 0 Å². The van der Waals surface area contributed by atoms with E-state index in [1.165, 1.54) is 11.3 Å². The summed E-state index contributed by atoms with van der Waals surface area (Å²) in [5.74, 6) is 0. The molecule has 0 spiro atoms. The molecule has 3 heteroatoms. The fourth-order valence-electron chi connectivity index (χ4n) is 3.05. The first-order valence-electron chi connectivity index (χ1n) is 7.28. The highest BCUT2D eigenvalue weighted by Gasteiger charge is 2.35. The van der Waals surface area contributed by atoms with Gasteiger partial charge in [-0.3, -0.25) is 0 Å². The Hall–Kier alpha value is -1.06. The van der Waals surface area contributed by atoms with Gasteiger partial charge in [-0.05, 0) is 44.4 Å². The Bertz CT molecular complexity index is 398. The zero-order valence-corrected chi connectivity index (χ0v) is 12.3. The van der Waals surface area contributed by atoms with Crippen molar-refractivity contribution in [1.29, 1.82) is 0 Å². The van der Waals surface area contributed by atoms with Crippen molar-refractivity contribution in [3.8, 4) is 0 Å². The van der Waals surface area contributed by atoms with Gasteiger partial charge in [-0.25, -0.2) is 0 Å². The average molecular weight is 262 g/mol. The summed E-state index contributed by atoms with van der Waals surface area (Å²) in [5, 5.41) is 12.8. The van der Waals surface area contributed by atoms with E-state index in [1.807, 2.05) is 0 Å². The van der Waals surface area contributed by atoms with Gasteiger partial charge in [-0.1, -0.05) is 19.1 Å². The fraction of sp³-hybridized carbons (Fsp3) is 0.625. The minimum Gasteiger partial charge on any atom is -0.396 e. The minimum atomic E-state index is 0.0752. The van der Waals surface area contributed by atoms with Gasteiger partial charge >= 0.3 is 0 Å². The Labute approximate surface area is 116 Å². The number of aliphatic hydroxyl groups is 1. The molecule has 0 amide bonds. The van der Waals surface area contributed by atoms with Crippen LogP contribution < -0.4 is 10.2 Å². The SMILES string of the molecule is CCc1ccc(N2C(CCO)CNCC2(C)C)cc1. The van der Waals surface area contributed by atoms with Gasteiger partial charge < -0.3 is 15.3 Å². The Kier molecular flexibility index (Phi) is 4.48. The van der Waals surface area contributed by atoms with Crippen molar-refractivity contribution in [2.75, 3.05) is 24.6 Å². The van der Waals surface area contributed by atoms with Crippen molar-refractivity contribution in [2.45, 2.75) is 45.2 Å². The zero-order valence-electron chi connectivity index (χ0n) is 12.3. The van der Waals surface area contributed by atoms with Crippen LogP contribution >= 0.6 is 0 Å². The number of aryl methyl sites for hydroxylation is 1. The normalized spacial score (nSPS) is 22.5. The van der Waals surface area contributed by atoms with Gasteiger partial charge in [0.15, 0.2) is 0 Å². The zero-order chi connectivity index (χ0) is 13.9. The molecular weight excluding hydrogens is 236 g/mol. The molecule has 1 aromatic rings. The van der Waals surface area contributed by atoms with Gasteiger partial charge in [0, 0.05) is 37.0 Å². The second-order valence-electron chi connectivity index (χ2n) is 6.00. The van der Waals surface area contributed by atoms with E-state index in [4.69, 9.17) is 0 Å². The maximum atomic E-state index is 9.28. The van der Waals surface area contributed by atoms with Crippen LogP contribution in [0.4, 0.5) is 5.69 Å². The molecule has 19 heavy (non-hydrogen) atoms. The Morgan fingerprint density at radius 1 is 1.32 bits per heavy atom. The number of rotatable bonds is 4. The summed E-state index contributed by atoms with van der Waals surface area (Å²) in [6.45, 7) is 8.86. The number of piperazine rings is 1. The van der Waals surface area contributed by atoms with Crippen LogP contribution in [0, 0.1) is 0 Å². The molecule has 106 valence electrons. The summed E-state index contributed by atoms with van der Waals surface area (Å²) in [5.41, 5.74) is 2.71. The highest BCUT2D eigenvalue weighted by molar-refractivity contribution is 5.52. The van der Waals surface area contributed by atoms with Gasteiger partial charge in [0.05, 0.1) is 0 Å². The maximum absolute atomic E-state index is 9.28. The number of nitrogens with zero attached hydrogens (tertiary/aromatic N) is 1. The number of hydrogen-bond acceptors (Lipinski definition) is 3. The Morgan fingerprint density at radius 3 is 2.58 bits per heavy atom. The first kappa shape index (κ1) is 14.4. The molecule has 1 heterocycles. The highest BCUT2D eigenvalue weighted by atomic mass is 16.3. The van der Waals surface area contributed by atoms with E-state index in [0.717, 1.165) is 25.9 Å². The first-order chi connectivity index (χ1) is 9.08. The van der Waals surface area contributed by atoms with Crippen molar-refractivity contribution in [3.63, 3.8) is 0 Å². The average Bonchev–Trinajstić information content (AvgIpc) is 2.39. The summed E-state index contributed by atoms with van der Waals surface area (Å²) < 4.78 is 0. The topological polar surface area (TPSA) is 35.5 Å². The van der Waals surface area contributed by atoms with Crippen molar-refractivity contribution in [3.05, 3.63) is 29.8 Å². The summed E-state index contributed by atoms with van der Waals surface area (Å²) >= 11 is 0. The predicted molar refractivity (Wildman–Crippen MR) is 80.7 cm³/mol. The maximum Gasteiger partial charge on any atom is 0.0473 e. The minimum absolute atomic E-state index is 0.0752. The molecule has 2 N–H and O–H groups in total. The first-order valence-corrected chi connectivity index (χ1v) is 7.28. The molecule has 1 aromatic carbocycles. The van der Waals surface area contributed by atoms with Gasteiger partial charge in [-0.15, -0.1) is 0 Å². The highest BCUT2D eigenvalue weighted by Crippen LogP contribution is 2.30. The van der Waals surface area contributed by atoms with Crippen LogP contribution in [0.25, 0.3) is 0 Å². The second kappa shape index (κ2) is 5.93. The molecule has 1 aliphatic heterocycles. The predicted octanol–water partition coefficient (Wildman–Crippen LogP) is 2.19. The largest absolute Gasteiger partial charge is 0.396 e. The van der Waals surface area contributed by atoms with E-state index >= 15 is 0 Å². The van der Waals surface area contributed by atoms with Gasteiger partial charge in [0.2, 0.25) is 0 Å². The summed E-state index contributed by atoms with van der Waals surface area (Å²) in [7, 11) is 0. The van der Waals surface area contributed by atoms with E-state index in [2.05, 4.69) is 55.3 Å². The lowest BCUT2D eigenvalue weighted by atomic mass is 9.93. The molecule has 3 nitrogen and oxygen atoms in total. The van der Waals surface area contributed by atoms with Crippen molar-refractivity contribution >= 4 is 5.69 Å². The van der Waals surface area contributed by atoms with E-state index in [1.54, 1.807) is 0 Å². The molecule has 0 aliphatic carbocycles. The number of nitrogens with one attached hydrogen (secondary N) is 1. The molecular formula is C16H26N2O. The smallest absolute Gasteiger partial charge is 0.0473 e. The lowest BCUT2D eigenvalue weighted by Gasteiger charge is -2.50. The molecule has 1 unspecified atom stereocenters. The molecule has 1 atom stereocenters. The van der Waals surface area contributed by atoms with Crippen LogP contribution in [0.1, 0.15) is 32.8 Å². The Balaban J connectivity index is 2.28. The van der Waals surface area contributed by atoms with Crippen molar-refractivity contribution in [1.82, 2.24) is 5.32 Å². The standard InChI is InChI=1S/C16H26N2O/c1-4-13-5-7-14(8-6-13)18-15(9-10-19)11-17-12-16(18,2)3/h5-8,15,17,19H,4,9-12H2,1-3H3. The molecule has 1 saturated heterocycles. The molecule has 2 rings (SSSR count). The summed E-state index contributed by atoms with van der Waals surface area (Å²) in [6.07, 6.45) is 1.89. The number of anilines is 1.